The van der Waals surface area contributed by atoms with Crippen molar-refractivity contribution in [2.24, 2.45) is 5.92 Å². The van der Waals surface area contributed by atoms with E-state index >= 15 is 0 Å². The van der Waals surface area contributed by atoms with Gasteiger partial charge in [0, 0.05) is 5.56 Å². The van der Waals surface area contributed by atoms with Crippen molar-refractivity contribution >= 4 is 5.97 Å². The minimum absolute atomic E-state index is 0.0848. The van der Waals surface area contributed by atoms with Crippen LogP contribution in [0.5, 0.6) is 0 Å². The zero-order valence-electron chi connectivity index (χ0n) is 11.5. The molecule has 8 heteroatoms. The Kier molecular flexibility index (Phi) is 4.25. The minimum atomic E-state index is -1.08. The number of carbonyl (C=O) groups is 1. The first-order valence-electron chi connectivity index (χ1n) is 6.41. The largest absolute Gasteiger partial charge is 0.480 e. The van der Waals surface area contributed by atoms with E-state index < -0.39 is 23.6 Å². The van der Waals surface area contributed by atoms with Crippen LogP contribution in [0.2, 0.25) is 0 Å². The van der Waals surface area contributed by atoms with Crippen molar-refractivity contribution in [2.45, 2.75) is 26.3 Å². The fourth-order valence-electron chi connectivity index (χ4n) is 2.02. The summed E-state index contributed by atoms with van der Waals surface area (Å²) in [4.78, 5) is 11.5. The lowest BCUT2D eigenvalue weighted by atomic mass is 9.99. The molecule has 0 radical (unpaired) electrons. The fraction of sp³-hybridized carbons (Fsp3) is 0.385. The van der Waals surface area contributed by atoms with Crippen LogP contribution >= 0.6 is 0 Å². The van der Waals surface area contributed by atoms with E-state index in [0.29, 0.717) is 6.42 Å². The SMILES string of the molecule is CCC(C)C(C(=O)O)n1nnnc1-c1ccc(F)c(F)c1. The quantitative estimate of drug-likeness (QED) is 0.915. The number of halogens is 2. The Bertz CT molecular complexity index is 659. The van der Waals surface area contributed by atoms with Crippen molar-refractivity contribution in [3.8, 4) is 11.4 Å². The van der Waals surface area contributed by atoms with E-state index in [1.165, 1.54) is 6.07 Å². The number of carboxylic acid groups (broad SMARTS) is 1. The van der Waals surface area contributed by atoms with Crippen LogP contribution in [-0.4, -0.2) is 31.3 Å². The average Bonchev–Trinajstić information content (AvgIpc) is 2.90. The topological polar surface area (TPSA) is 80.9 Å². The molecule has 2 aromatic rings. The first kappa shape index (κ1) is 15.0. The molecule has 0 aliphatic carbocycles. The number of tetrazole rings is 1. The van der Waals surface area contributed by atoms with Crippen molar-refractivity contribution in [3.05, 3.63) is 29.8 Å². The van der Waals surface area contributed by atoms with Gasteiger partial charge in [0.2, 0.25) is 0 Å². The van der Waals surface area contributed by atoms with Gasteiger partial charge < -0.3 is 5.11 Å². The first-order valence-corrected chi connectivity index (χ1v) is 6.41. The van der Waals surface area contributed by atoms with E-state index in [9.17, 15) is 18.7 Å². The van der Waals surface area contributed by atoms with Gasteiger partial charge in [-0.1, -0.05) is 20.3 Å². The molecule has 0 amide bonds. The van der Waals surface area contributed by atoms with Gasteiger partial charge in [-0.15, -0.1) is 5.10 Å². The van der Waals surface area contributed by atoms with E-state index in [4.69, 9.17) is 0 Å². The molecule has 2 unspecified atom stereocenters. The van der Waals surface area contributed by atoms with Gasteiger partial charge >= 0.3 is 5.97 Å². The number of nitrogens with zero attached hydrogens (tertiary/aromatic N) is 4. The van der Waals surface area contributed by atoms with Gasteiger partial charge in [-0.25, -0.2) is 18.3 Å². The number of hydrogen-bond donors (Lipinski definition) is 1. The Labute approximate surface area is 119 Å². The van der Waals surface area contributed by atoms with Crippen LogP contribution in [0, 0.1) is 17.6 Å². The van der Waals surface area contributed by atoms with Gasteiger partial charge in [0.25, 0.3) is 0 Å². The molecule has 0 bridgehead atoms. The van der Waals surface area contributed by atoms with Crippen molar-refractivity contribution in [3.63, 3.8) is 0 Å². The standard InChI is InChI=1S/C13H14F2N4O2/c1-3-7(2)11(13(20)21)19-12(16-17-18-19)8-4-5-9(14)10(15)6-8/h4-7,11H,3H2,1-2H3,(H,20,21). The minimum Gasteiger partial charge on any atom is -0.480 e. The maximum atomic E-state index is 13.3. The van der Waals surface area contributed by atoms with Gasteiger partial charge in [0.05, 0.1) is 0 Å². The lowest BCUT2D eigenvalue weighted by molar-refractivity contribution is -0.142. The summed E-state index contributed by atoms with van der Waals surface area (Å²) in [5.41, 5.74) is 0.216. The molecule has 6 nitrogen and oxygen atoms in total. The van der Waals surface area contributed by atoms with Gasteiger partial charge in [0.15, 0.2) is 23.5 Å². The summed E-state index contributed by atoms with van der Waals surface area (Å²) in [5.74, 6) is -3.26. The third kappa shape index (κ3) is 2.88. The highest BCUT2D eigenvalue weighted by atomic mass is 19.2. The molecule has 0 saturated heterocycles. The first-order chi connectivity index (χ1) is 9.95. The van der Waals surface area contributed by atoms with Gasteiger partial charge in [-0.05, 0) is 34.5 Å². The van der Waals surface area contributed by atoms with E-state index in [-0.39, 0.29) is 17.3 Å². The van der Waals surface area contributed by atoms with Crippen molar-refractivity contribution in [2.75, 3.05) is 0 Å². The summed E-state index contributed by atoms with van der Waals surface area (Å²) in [7, 11) is 0. The van der Waals surface area contributed by atoms with Crippen LogP contribution in [0.1, 0.15) is 26.3 Å². The molecule has 112 valence electrons. The van der Waals surface area contributed by atoms with Crippen LogP contribution in [0.4, 0.5) is 8.78 Å². The second-order valence-corrected chi connectivity index (χ2v) is 4.74. The smallest absolute Gasteiger partial charge is 0.328 e. The Balaban J connectivity index is 2.50. The number of hydrogen-bond acceptors (Lipinski definition) is 4. The maximum Gasteiger partial charge on any atom is 0.328 e. The number of aromatic nitrogens is 4. The van der Waals surface area contributed by atoms with Gasteiger partial charge in [-0.3, -0.25) is 0 Å². The molecule has 1 aromatic heterocycles. The number of carboxylic acids is 1. The summed E-state index contributed by atoms with van der Waals surface area (Å²) in [6.45, 7) is 3.61. The highest BCUT2D eigenvalue weighted by molar-refractivity contribution is 5.73. The zero-order valence-corrected chi connectivity index (χ0v) is 11.5. The number of benzene rings is 1. The second-order valence-electron chi connectivity index (χ2n) is 4.74. The molecule has 0 fully saturated rings. The van der Waals surface area contributed by atoms with E-state index in [2.05, 4.69) is 15.5 Å². The molecule has 0 saturated carbocycles. The Morgan fingerprint density at radius 1 is 1.38 bits per heavy atom. The summed E-state index contributed by atoms with van der Waals surface area (Å²) >= 11 is 0. The summed E-state index contributed by atoms with van der Waals surface area (Å²) in [6.07, 6.45) is 0.605. The predicted octanol–water partition coefficient (Wildman–Crippen LogP) is 2.29. The molecule has 1 aromatic carbocycles. The molecule has 2 atom stereocenters. The Morgan fingerprint density at radius 3 is 2.67 bits per heavy atom. The molecule has 21 heavy (non-hydrogen) atoms. The van der Waals surface area contributed by atoms with E-state index in [0.717, 1.165) is 16.8 Å². The summed E-state index contributed by atoms with van der Waals surface area (Å²) in [5, 5.41) is 20.2. The fourth-order valence-corrected chi connectivity index (χ4v) is 2.02. The lowest BCUT2D eigenvalue weighted by Crippen LogP contribution is -2.27. The van der Waals surface area contributed by atoms with Crippen LogP contribution < -0.4 is 0 Å². The van der Waals surface area contributed by atoms with Crippen LogP contribution in [0.25, 0.3) is 11.4 Å². The highest BCUT2D eigenvalue weighted by Gasteiger charge is 2.29. The van der Waals surface area contributed by atoms with Crippen LogP contribution in [0.3, 0.4) is 0 Å². The molecule has 0 aliphatic heterocycles. The van der Waals surface area contributed by atoms with Gasteiger partial charge in [-0.2, -0.15) is 0 Å². The average molecular weight is 296 g/mol. The van der Waals surface area contributed by atoms with Crippen LogP contribution in [0.15, 0.2) is 18.2 Å². The molecule has 1 heterocycles. The molecule has 0 aliphatic rings. The second kappa shape index (κ2) is 5.94. The molecular weight excluding hydrogens is 282 g/mol. The molecule has 2 rings (SSSR count). The number of aliphatic carboxylic acids is 1. The van der Waals surface area contributed by atoms with Crippen molar-refractivity contribution < 1.29 is 18.7 Å². The van der Waals surface area contributed by atoms with E-state index in [1.54, 1.807) is 6.92 Å². The molecule has 0 spiro atoms. The Morgan fingerprint density at radius 2 is 2.10 bits per heavy atom. The van der Waals surface area contributed by atoms with Crippen LogP contribution in [-0.2, 0) is 4.79 Å². The Hall–Kier alpha value is -2.38. The summed E-state index contributed by atoms with van der Waals surface area (Å²) < 4.78 is 27.4. The zero-order chi connectivity index (χ0) is 15.6. The predicted molar refractivity (Wildman–Crippen MR) is 69.3 cm³/mol. The maximum absolute atomic E-state index is 13.3. The third-order valence-corrected chi connectivity index (χ3v) is 3.37. The summed E-state index contributed by atoms with van der Waals surface area (Å²) in [6, 6.07) is 2.21. The van der Waals surface area contributed by atoms with Crippen molar-refractivity contribution in [1.82, 2.24) is 20.2 Å². The molecule has 1 N–H and O–H groups in total. The highest BCUT2D eigenvalue weighted by Crippen LogP contribution is 2.26. The third-order valence-electron chi connectivity index (χ3n) is 3.37. The number of rotatable bonds is 5. The molecular formula is C13H14F2N4O2. The van der Waals surface area contributed by atoms with Gasteiger partial charge in [0.1, 0.15) is 0 Å². The van der Waals surface area contributed by atoms with Crippen molar-refractivity contribution in [1.29, 1.82) is 0 Å². The monoisotopic (exact) mass is 296 g/mol. The van der Waals surface area contributed by atoms with E-state index in [1.807, 2.05) is 6.92 Å². The normalized spacial score (nSPS) is 13.9. The lowest BCUT2D eigenvalue weighted by Gasteiger charge is -2.19.